The Morgan fingerprint density at radius 3 is 0.872 bits per heavy atom. The molecule has 0 radical (unpaired) electrons. The molecule has 0 heterocycles. The van der Waals surface area contributed by atoms with Gasteiger partial charge in [0.05, 0.1) is 0 Å². The zero-order valence-electron chi connectivity index (χ0n) is 24.6. The van der Waals surface area contributed by atoms with Crippen LogP contribution in [0.25, 0.3) is 0 Å². The summed E-state index contributed by atoms with van der Waals surface area (Å²) in [6, 6.07) is 24.2. The van der Waals surface area contributed by atoms with Gasteiger partial charge < -0.3 is 4.12 Å². The summed E-state index contributed by atoms with van der Waals surface area (Å²) >= 11 is 0. The van der Waals surface area contributed by atoms with Crippen LogP contribution >= 0.6 is 0 Å². The van der Waals surface area contributed by atoms with Crippen molar-refractivity contribution in [3.8, 4) is 0 Å². The van der Waals surface area contributed by atoms with E-state index < -0.39 is 16.6 Å². The van der Waals surface area contributed by atoms with Crippen molar-refractivity contribution in [1.82, 2.24) is 0 Å². The summed E-state index contributed by atoms with van der Waals surface area (Å²) in [4.78, 5) is 0. The molecule has 4 saturated carbocycles. The molecule has 39 heavy (non-hydrogen) atoms. The van der Waals surface area contributed by atoms with Crippen LogP contribution in [0, 0.1) is 0 Å². The second-order valence-electron chi connectivity index (χ2n) is 13.8. The fourth-order valence-corrected chi connectivity index (χ4v) is 25.4. The molecule has 2 aromatic carbocycles. The molecule has 0 N–H and O–H groups in total. The van der Waals surface area contributed by atoms with Gasteiger partial charge in [-0.1, -0.05) is 189 Å². The van der Waals surface area contributed by atoms with E-state index >= 15 is 0 Å². The Kier molecular flexibility index (Phi) is 9.48. The van der Waals surface area contributed by atoms with E-state index in [4.69, 9.17) is 4.12 Å². The Hall–Kier alpha value is -1.17. The highest BCUT2D eigenvalue weighted by Crippen LogP contribution is 2.55. The van der Waals surface area contributed by atoms with Crippen molar-refractivity contribution in [3.05, 3.63) is 60.7 Å². The third-order valence-corrected chi connectivity index (χ3v) is 24.0. The monoisotopic (exact) mass is 558 g/mol. The van der Waals surface area contributed by atoms with Crippen LogP contribution in [0.3, 0.4) is 0 Å². The molecule has 0 bridgehead atoms. The Bertz CT molecular complexity index is 866. The Morgan fingerprint density at radius 2 is 0.615 bits per heavy atom. The molecule has 0 aliphatic heterocycles. The lowest BCUT2D eigenvalue weighted by atomic mass is 9.99. The molecule has 0 amide bonds. The van der Waals surface area contributed by atoms with E-state index in [1.165, 1.54) is 128 Å². The Morgan fingerprint density at radius 1 is 0.359 bits per heavy atom. The Balaban J connectivity index is 1.57. The van der Waals surface area contributed by atoms with Gasteiger partial charge in [-0.25, -0.2) is 0 Å². The van der Waals surface area contributed by atoms with E-state index in [-0.39, 0.29) is 0 Å². The van der Waals surface area contributed by atoms with Crippen LogP contribution in [0.5, 0.6) is 0 Å². The zero-order valence-corrected chi connectivity index (χ0v) is 26.6. The molecule has 4 aliphatic carbocycles. The highest BCUT2D eigenvalue weighted by Gasteiger charge is 2.60. The third-order valence-electron chi connectivity index (χ3n) is 11.6. The van der Waals surface area contributed by atoms with Gasteiger partial charge in [0.15, 0.2) is 0 Å². The first-order valence-corrected chi connectivity index (χ1v) is 21.3. The summed E-state index contributed by atoms with van der Waals surface area (Å²) < 4.78 is 8.83. The lowest BCUT2D eigenvalue weighted by Crippen LogP contribution is -2.70. The summed E-state index contributed by atoms with van der Waals surface area (Å²) in [5, 5.41) is 3.37. The number of hydrogen-bond donors (Lipinski definition) is 0. The van der Waals surface area contributed by atoms with Crippen molar-refractivity contribution in [2.45, 2.75) is 151 Å². The van der Waals surface area contributed by atoms with Crippen molar-refractivity contribution >= 4 is 27.0 Å². The smallest absolute Gasteiger partial charge is 0.218 e. The van der Waals surface area contributed by atoms with Gasteiger partial charge in [-0.3, -0.25) is 0 Å². The maximum absolute atomic E-state index is 8.83. The van der Waals surface area contributed by atoms with E-state index in [9.17, 15) is 0 Å². The molecule has 0 spiro atoms. The fraction of sp³-hybridized carbons (Fsp3) is 0.667. The summed E-state index contributed by atoms with van der Waals surface area (Å²) in [7, 11) is -4.59. The first kappa shape index (κ1) is 28.0. The molecular weight excluding hydrogens is 505 g/mol. The number of benzene rings is 2. The van der Waals surface area contributed by atoms with Crippen LogP contribution in [-0.4, -0.2) is 16.6 Å². The van der Waals surface area contributed by atoms with E-state index in [2.05, 4.69) is 60.7 Å². The van der Waals surface area contributed by atoms with Gasteiger partial charge in [0.25, 0.3) is 0 Å². The minimum Gasteiger partial charge on any atom is -0.448 e. The quantitative estimate of drug-likeness (QED) is 0.293. The van der Waals surface area contributed by atoms with Crippen LogP contribution in [0.4, 0.5) is 0 Å². The first-order valence-electron chi connectivity index (χ1n) is 17.2. The standard InChI is InChI=1S/C36H54OSi2/c1-7-19-31(20-8-1)38(32-21-9-2-10-22-32,33-23-11-3-12-24-33)37-39(34-25-13-4-14-26-34,35-27-15-5-16-28-35)36-29-17-6-18-30-36/h1,4,7-8,13-14,19-20,25-26,32-33,35-36H,2-3,5-6,9-12,15-18,21-24,27-30H2. The van der Waals surface area contributed by atoms with E-state index in [0.717, 1.165) is 22.2 Å². The largest absolute Gasteiger partial charge is 0.448 e. The van der Waals surface area contributed by atoms with E-state index in [1.807, 2.05) is 0 Å². The lowest BCUT2D eigenvalue weighted by molar-refractivity contribution is 0.352. The normalized spacial score (nSPS) is 23.6. The molecule has 0 saturated heterocycles. The van der Waals surface area contributed by atoms with Gasteiger partial charge in [0.1, 0.15) is 0 Å². The van der Waals surface area contributed by atoms with E-state index in [1.54, 1.807) is 10.4 Å². The summed E-state index contributed by atoms with van der Waals surface area (Å²) in [6.07, 6.45) is 28.5. The molecule has 3 heteroatoms. The highest BCUT2D eigenvalue weighted by atomic mass is 28.4. The molecule has 212 valence electrons. The highest BCUT2D eigenvalue weighted by molar-refractivity contribution is 7.01. The maximum Gasteiger partial charge on any atom is 0.218 e. The summed E-state index contributed by atoms with van der Waals surface area (Å²) in [6.45, 7) is 0. The average Bonchev–Trinajstić information content (AvgIpc) is 3.04. The molecular formula is C36H54OSi2. The van der Waals surface area contributed by atoms with Crippen LogP contribution in [0.15, 0.2) is 60.7 Å². The summed E-state index contributed by atoms with van der Waals surface area (Å²) in [5.74, 6) is 0. The van der Waals surface area contributed by atoms with Crippen molar-refractivity contribution in [2.75, 3.05) is 0 Å². The van der Waals surface area contributed by atoms with Crippen LogP contribution in [-0.2, 0) is 4.12 Å². The molecule has 2 aromatic rings. The molecule has 0 unspecified atom stereocenters. The second-order valence-corrected chi connectivity index (χ2v) is 22.2. The fourth-order valence-electron chi connectivity index (χ4n) is 9.86. The number of rotatable bonds is 8. The van der Waals surface area contributed by atoms with Gasteiger partial charge in [0, 0.05) is 0 Å². The molecule has 1 nitrogen and oxygen atoms in total. The van der Waals surface area contributed by atoms with Crippen LogP contribution in [0.2, 0.25) is 22.2 Å². The minimum atomic E-state index is -2.29. The third kappa shape index (κ3) is 5.66. The molecule has 6 rings (SSSR count). The van der Waals surface area contributed by atoms with Crippen molar-refractivity contribution in [2.24, 2.45) is 0 Å². The summed E-state index contributed by atoms with van der Waals surface area (Å²) in [5.41, 5.74) is 3.22. The van der Waals surface area contributed by atoms with Crippen molar-refractivity contribution in [3.63, 3.8) is 0 Å². The second kappa shape index (κ2) is 13.2. The SMILES string of the molecule is c1ccc([Si](O[Si](c2ccccc2)(C2CCCCC2)C2CCCCC2)(C2CCCCC2)C2CCCCC2)cc1. The van der Waals surface area contributed by atoms with Crippen molar-refractivity contribution < 1.29 is 4.12 Å². The lowest BCUT2D eigenvalue weighted by Gasteiger charge is -2.57. The van der Waals surface area contributed by atoms with Gasteiger partial charge in [0.2, 0.25) is 16.6 Å². The van der Waals surface area contributed by atoms with Crippen LogP contribution in [0.1, 0.15) is 128 Å². The zero-order chi connectivity index (χ0) is 26.4. The molecule has 0 atom stereocenters. The minimum absolute atomic E-state index is 0.805. The first-order chi connectivity index (χ1) is 19.3. The Labute approximate surface area is 241 Å². The van der Waals surface area contributed by atoms with Gasteiger partial charge in [-0.05, 0) is 32.5 Å². The van der Waals surface area contributed by atoms with Gasteiger partial charge in [-0.15, -0.1) is 0 Å². The van der Waals surface area contributed by atoms with Gasteiger partial charge >= 0.3 is 0 Å². The predicted molar refractivity (Wildman–Crippen MR) is 172 cm³/mol. The molecule has 0 aromatic heterocycles. The molecule has 4 fully saturated rings. The van der Waals surface area contributed by atoms with E-state index in [0.29, 0.717) is 0 Å². The van der Waals surface area contributed by atoms with Gasteiger partial charge in [-0.2, -0.15) is 0 Å². The van der Waals surface area contributed by atoms with Crippen molar-refractivity contribution in [1.29, 1.82) is 0 Å². The molecule has 4 aliphatic rings. The number of hydrogen-bond acceptors (Lipinski definition) is 1. The average molecular weight is 559 g/mol. The maximum atomic E-state index is 8.83. The predicted octanol–water partition coefficient (Wildman–Crippen LogP) is 10.0. The topological polar surface area (TPSA) is 9.23 Å². The van der Waals surface area contributed by atoms with Crippen LogP contribution < -0.4 is 10.4 Å².